The number of fused-ring (bicyclic) bond motifs is 1. The SMILES string of the molecule is CNC(=O)C1CN(C(=O)CCc2nc3ccccc3s2)CC1c1n[nH]c(C)n1. The zero-order valence-electron chi connectivity index (χ0n) is 15.8. The predicted octanol–water partition coefficient (Wildman–Crippen LogP) is 1.64. The molecule has 1 aliphatic rings. The Hall–Kier alpha value is -2.81. The van der Waals surface area contributed by atoms with E-state index in [0.29, 0.717) is 37.6 Å². The Labute approximate surface area is 166 Å². The van der Waals surface area contributed by atoms with Crippen molar-refractivity contribution in [1.82, 2.24) is 30.4 Å². The molecule has 8 nitrogen and oxygen atoms in total. The zero-order chi connectivity index (χ0) is 19.7. The Balaban J connectivity index is 1.44. The standard InChI is InChI=1S/C19H22N6O2S/c1-11-21-18(24-23-11)12-9-25(10-13(12)19(27)20-2)17(26)8-7-16-22-14-5-3-4-6-15(14)28-16/h3-6,12-13H,7-10H2,1-2H3,(H,20,27)(H,21,23,24). The van der Waals surface area contributed by atoms with Crippen LogP contribution in [-0.4, -0.2) is 57.0 Å². The van der Waals surface area contributed by atoms with Crippen molar-refractivity contribution in [2.45, 2.75) is 25.7 Å². The van der Waals surface area contributed by atoms with E-state index in [1.54, 1.807) is 23.3 Å². The molecule has 4 rings (SSSR count). The van der Waals surface area contributed by atoms with Gasteiger partial charge in [0.2, 0.25) is 11.8 Å². The molecule has 2 amide bonds. The molecule has 1 saturated heterocycles. The van der Waals surface area contributed by atoms with E-state index >= 15 is 0 Å². The van der Waals surface area contributed by atoms with Crippen LogP contribution in [0.5, 0.6) is 0 Å². The van der Waals surface area contributed by atoms with Gasteiger partial charge in [0.05, 0.1) is 27.1 Å². The van der Waals surface area contributed by atoms with E-state index in [9.17, 15) is 9.59 Å². The minimum absolute atomic E-state index is 0.0305. The number of aromatic amines is 1. The number of rotatable bonds is 5. The molecule has 1 aromatic carbocycles. The molecular formula is C19H22N6O2S. The summed E-state index contributed by atoms with van der Waals surface area (Å²) in [5.41, 5.74) is 0.968. The fourth-order valence-electron chi connectivity index (χ4n) is 3.64. The Morgan fingerprint density at radius 1 is 1.29 bits per heavy atom. The average molecular weight is 398 g/mol. The second-order valence-electron chi connectivity index (χ2n) is 6.98. The van der Waals surface area contributed by atoms with Gasteiger partial charge in [0.1, 0.15) is 5.82 Å². The molecule has 1 fully saturated rings. The van der Waals surface area contributed by atoms with Crippen LogP contribution < -0.4 is 5.32 Å². The summed E-state index contributed by atoms with van der Waals surface area (Å²) < 4.78 is 1.13. The van der Waals surface area contributed by atoms with Gasteiger partial charge < -0.3 is 10.2 Å². The number of hydrogen-bond acceptors (Lipinski definition) is 6. The van der Waals surface area contributed by atoms with Crippen LogP contribution in [0.1, 0.15) is 29.0 Å². The van der Waals surface area contributed by atoms with Crippen LogP contribution in [0.2, 0.25) is 0 Å². The van der Waals surface area contributed by atoms with Crippen LogP contribution >= 0.6 is 11.3 Å². The second-order valence-corrected chi connectivity index (χ2v) is 8.10. The third-order valence-electron chi connectivity index (χ3n) is 5.09. The summed E-state index contributed by atoms with van der Waals surface area (Å²) in [6.07, 6.45) is 0.976. The quantitative estimate of drug-likeness (QED) is 0.680. The first kappa shape index (κ1) is 18.5. The number of amides is 2. The van der Waals surface area contributed by atoms with Crippen molar-refractivity contribution in [3.63, 3.8) is 0 Å². The molecule has 0 bridgehead atoms. The Kier molecular flexibility index (Phi) is 5.08. The highest BCUT2D eigenvalue weighted by molar-refractivity contribution is 7.18. The molecule has 3 aromatic rings. The van der Waals surface area contributed by atoms with Gasteiger partial charge in [0.25, 0.3) is 0 Å². The molecule has 146 valence electrons. The monoisotopic (exact) mass is 398 g/mol. The predicted molar refractivity (Wildman–Crippen MR) is 106 cm³/mol. The number of nitrogens with zero attached hydrogens (tertiary/aromatic N) is 4. The molecule has 2 aromatic heterocycles. The summed E-state index contributed by atoms with van der Waals surface area (Å²) in [6.45, 7) is 2.66. The van der Waals surface area contributed by atoms with Crippen LogP contribution in [0.25, 0.3) is 10.2 Å². The first-order chi connectivity index (χ1) is 13.5. The minimum Gasteiger partial charge on any atom is -0.359 e. The smallest absolute Gasteiger partial charge is 0.225 e. The van der Waals surface area contributed by atoms with Crippen molar-refractivity contribution in [3.8, 4) is 0 Å². The number of benzene rings is 1. The molecule has 9 heteroatoms. The van der Waals surface area contributed by atoms with Crippen molar-refractivity contribution >= 4 is 33.4 Å². The fraction of sp³-hybridized carbons (Fsp3) is 0.421. The number of aryl methyl sites for hydroxylation is 2. The molecule has 0 saturated carbocycles. The lowest BCUT2D eigenvalue weighted by atomic mass is 9.94. The van der Waals surface area contributed by atoms with E-state index in [1.165, 1.54) is 0 Å². The molecular weight excluding hydrogens is 376 g/mol. The summed E-state index contributed by atoms with van der Waals surface area (Å²) in [5.74, 6) is 0.693. The summed E-state index contributed by atoms with van der Waals surface area (Å²) in [5, 5.41) is 10.7. The van der Waals surface area contributed by atoms with Gasteiger partial charge in [-0.1, -0.05) is 12.1 Å². The van der Waals surface area contributed by atoms with Crippen molar-refractivity contribution in [2.75, 3.05) is 20.1 Å². The number of carbonyl (C=O) groups excluding carboxylic acids is 2. The highest BCUT2D eigenvalue weighted by atomic mass is 32.1. The lowest BCUT2D eigenvalue weighted by molar-refractivity contribution is -0.130. The van der Waals surface area contributed by atoms with Gasteiger partial charge >= 0.3 is 0 Å². The molecule has 0 aliphatic carbocycles. The minimum atomic E-state index is -0.341. The van der Waals surface area contributed by atoms with E-state index in [0.717, 1.165) is 15.2 Å². The van der Waals surface area contributed by atoms with Crippen LogP contribution in [0.3, 0.4) is 0 Å². The van der Waals surface area contributed by atoms with E-state index in [4.69, 9.17) is 0 Å². The third kappa shape index (κ3) is 3.62. The lowest BCUT2D eigenvalue weighted by Crippen LogP contribution is -2.33. The normalized spacial score (nSPS) is 19.3. The van der Waals surface area contributed by atoms with Crippen LogP contribution in [0.15, 0.2) is 24.3 Å². The summed E-state index contributed by atoms with van der Waals surface area (Å²) in [6, 6.07) is 7.97. The maximum atomic E-state index is 12.8. The number of nitrogens with one attached hydrogen (secondary N) is 2. The number of aromatic nitrogens is 4. The topological polar surface area (TPSA) is 104 Å². The fourth-order valence-corrected chi connectivity index (χ4v) is 4.61. The maximum absolute atomic E-state index is 12.8. The molecule has 0 radical (unpaired) electrons. The van der Waals surface area contributed by atoms with Gasteiger partial charge in [-0.3, -0.25) is 14.7 Å². The molecule has 0 spiro atoms. The largest absolute Gasteiger partial charge is 0.359 e. The van der Waals surface area contributed by atoms with Gasteiger partial charge in [-0.15, -0.1) is 11.3 Å². The molecule has 2 atom stereocenters. The average Bonchev–Trinajstić information content (AvgIpc) is 3.42. The van der Waals surface area contributed by atoms with Crippen molar-refractivity contribution in [1.29, 1.82) is 0 Å². The van der Waals surface area contributed by atoms with E-state index in [1.807, 2.05) is 31.2 Å². The second kappa shape index (κ2) is 7.67. The molecule has 28 heavy (non-hydrogen) atoms. The van der Waals surface area contributed by atoms with E-state index in [2.05, 4.69) is 25.5 Å². The number of hydrogen-bond donors (Lipinski definition) is 2. The van der Waals surface area contributed by atoms with Crippen molar-refractivity contribution in [3.05, 3.63) is 40.9 Å². The summed E-state index contributed by atoms with van der Waals surface area (Å²) in [7, 11) is 1.61. The first-order valence-corrected chi connectivity index (χ1v) is 10.1. The number of carbonyl (C=O) groups is 2. The number of H-pyrrole nitrogens is 1. The van der Waals surface area contributed by atoms with Gasteiger partial charge in [-0.25, -0.2) is 9.97 Å². The van der Waals surface area contributed by atoms with Crippen molar-refractivity contribution in [2.24, 2.45) is 5.92 Å². The van der Waals surface area contributed by atoms with Gasteiger partial charge in [0, 0.05) is 33.0 Å². The van der Waals surface area contributed by atoms with Gasteiger partial charge in [-0.05, 0) is 19.1 Å². The maximum Gasteiger partial charge on any atom is 0.225 e. The Morgan fingerprint density at radius 2 is 2.11 bits per heavy atom. The van der Waals surface area contributed by atoms with E-state index in [-0.39, 0.29) is 23.7 Å². The first-order valence-electron chi connectivity index (χ1n) is 9.28. The highest BCUT2D eigenvalue weighted by Crippen LogP contribution is 2.32. The third-order valence-corrected chi connectivity index (χ3v) is 6.19. The van der Waals surface area contributed by atoms with Crippen molar-refractivity contribution < 1.29 is 9.59 Å². The highest BCUT2D eigenvalue weighted by Gasteiger charge is 2.41. The number of thiazole rings is 1. The van der Waals surface area contributed by atoms with Crippen LogP contribution in [0.4, 0.5) is 0 Å². The summed E-state index contributed by atoms with van der Waals surface area (Å²) >= 11 is 1.62. The number of likely N-dealkylation sites (tertiary alicyclic amines) is 1. The zero-order valence-corrected chi connectivity index (χ0v) is 16.6. The van der Waals surface area contributed by atoms with Crippen LogP contribution in [-0.2, 0) is 16.0 Å². The Bertz CT molecular complexity index is 980. The van der Waals surface area contributed by atoms with Gasteiger partial charge in [0.15, 0.2) is 5.82 Å². The number of para-hydroxylation sites is 1. The molecule has 1 aliphatic heterocycles. The van der Waals surface area contributed by atoms with Gasteiger partial charge in [-0.2, -0.15) is 5.10 Å². The molecule has 2 unspecified atom stereocenters. The Morgan fingerprint density at radius 3 is 2.82 bits per heavy atom. The summed E-state index contributed by atoms with van der Waals surface area (Å²) in [4.78, 5) is 35.8. The van der Waals surface area contributed by atoms with Crippen LogP contribution in [0, 0.1) is 12.8 Å². The van der Waals surface area contributed by atoms with E-state index < -0.39 is 0 Å². The molecule has 3 heterocycles. The molecule has 2 N–H and O–H groups in total. The lowest BCUT2D eigenvalue weighted by Gasteiger charge is -2.15.